The van der Waals surface area contributed by atoms with Gasteiger partial charge in [0.15, 0.2) is 0 Å². The van der Waals surface area contributed by atoms with Gasteiger partial charge < -0.3 is 9.55 Å². The number of thiophene rings is 1. The van der Waals surface area contributed by atoms with Gasteiger partial charge in [0.05, 0.1) is 30.6 Å². The van der Waals surface area contributed by atoms with Crippen molar-refractivity contribution in [2.75, 3.05) is 0 Å². The van der Waals surface area contributed by atoms with E-state index in [9.17, 15) is 0 Å². The van der Waals surface area contributed by atoms with E-state index in [1.54, 1.807) is 29.5 Å². The van der Waals surface area contributed by atoms with Crippen molar-refractivity contribution in [3.8, 4) is 50.6 Å². The van der Waals surface area contributed by atoms with Crippen molar-refractivity contribution in [1.82, 2.24) is 14.5 Å². The maximum atomic E-state index is 7.23. The normalized spacial score (nSPS) is 12.2. The van der Waals surface area contributed by atoms with Crippen LogP contribution in [0.4, 0.5) is 0 Å². The van der Waals surface area contributed by atoms with Gasteiger partial charge in [0.25, 0.3) is 0 Å². The Morgan fingerprint density at radius 3 is 2.02 bits per heavy atom. The minimum Gasteiger partial charge on any atom is -0.332 e. The molecule has 6 aromatic carbocycles. The summed E-state index contributed by atoms with van der Waals surface area (Å²) in [6, 6.07) is 57.2. The second kappa shape index (κ2) is 16.0. The van der Waals surface area contributed by atoms with Crippen LogP contribution in [0.25, 0.3) is 71.7 Å². The number of nitrogens with zero attached hydrogens (tertiary/aromatic N) is 3. The van der Waals surface area contributed by atoms with E-state index in [-0.39, 0.29) is 25.7 Å². The number of aromatic nitrogens is 3. The van der Waals surface area contributed by atoms with E-state index in [0.717, 1.165) is 39.4 Å². The van der Waals surface area contributed by atoms with Crippen LogP contribution in [-0.2, 0) is 20.1 Å². The molecule has 0 saturated heterocycles. The zero-order chi connectivity index (χ0) is 38.9. The molecule has 1 radical (unpaired) electrons. The number of hydrogen-bond acceptors (Lipinski definition) is 3. The Bertz CT molecular complexity index is 2700. The van der Waals surface area contributed by atoms with Gasteiger partial charge in [-0.15, -0.1) is 47.3 Å². The van der Waals surface area contributed by atoms with Crippen molar-refractivity contribution in [2.24, 2.45) is 0 Å². The number of benzene rings is 6. The molecule has 267 valence electrons. The second-order valence-corrected chi connectivity index (χ2v) is 19.9. The van der Waals surface area contributed by atoms with Crippen molar-refractivity contribution < 1.29 is 24.2 Å². The van der Waals surface area contributed by atoms with Crippen LogP contribution < -0.4 is 5.19 Å². The Morgan fingerprint density at radius 1 is 0.704 bits per heavy atom. The third-order valence-electron chi connectivity index (χ3n) is 9.34. The zero-order valence-electron chi connectivity index (χ0n) is 33.2. The average Bonchev–Trinajstić information content (AvgIpc) is 3.82. The summed E-state index contributed by atoms with van der Waals surface area (Å²) in [7, 11) is -1.50. The van der Waals surface area contributed by atoms with Crippen molar-refractivity contribution in [1.29, 1.82) is 0 Å². The van der Waals surface area contributed by atoms with E-state index < -0.39 is 14.9 Å². The third-order valence-corrected chi connectivity index (χ3v) is 12.3. The van der Waals surface area contributed by atoms with Gasteiger partial charge in [-0.05, 0) is 41.4 Å². The molecule has 0 saturated carbocycles. The first-order valence-corrected chi connectivity index (χ1v) is 22.0. The monoisotopic (exact) mass is 913 g/mol. The topological polar surface area (TPSA) is 30.7 Å². The molecule has 3 heterocycles. The van der Waals surface area contributed by atoms with Crippen molar-refractivity contribution >= 4 is 45.7 Å². The smallest absolute Gasteiger partial charge is 0.0774 e. The van der Waals surface area contributed by atoms with E-state index in [1.807, 2.05) is 18.2 Å². The van der Waals surface area contributed by atoms with Gasteiger partial charge in [-0.1, -0.05) is 156 Å². The summed E-state index contributed by atoms with van der Waals surface area (Å²) in [6.07, 6.45) is 1.39. The van der Waals surface area contributed by atoms with E-state index >= 15 is 0 Å². The van der Waals surface area contributed by atoms with Crippen LogP contribution in [0.1, 0.15) is 9.68 Å². The fourth-order valence-corrected chi connectivity index (χ4v) is 8.60. The molecule has 3 nitrogen and oxygen atoms in total. The quantitative estimate of drug-likeness (QED) is 0.123. The molecule has 0 spiro atoms. The fourth-order valence-electron chi connectivity index (χ4n) is 6.62. The average molecular weight is 913 g/mol. The van der Waals surface area contributed by atoms with Gasteiger partial charge in [0, 0.05) is 41.5 Å². The molecule has 0 bridgehead atoms. The first-order chi connectivity index (χ1) is 27.1. The molecule has 9 rings (SSSR count). The van der Waals surface area contributed by atoms with E-state index in [1.165, 1.54) is 43.7 Å². The summed E-state index contributed by atoms with van der Waals surface area (Å²) in [5, 5.41) is 6.36. The number of pyridine rings is 1. The Balaban J connectivity index is 0.000000246. The summed E-state index contributed by atoms with van der Waals surface area (Å²) in [5.74, 6) is 0.931. The molecule has 9 aromatic rings. The van der Waals surface area contributed by atoms with Gasteiger partial charge >= 0.3 is 0 Å². The molecular formula is C48H39IrN3SSi-2. The van der Waals surface area contributed by atoms with Crippen LogP contribution in [0.2, 0.25) is 19.6 Å². The first kappa shape index (κ1) is 33.3. The van der Waals surface area contributed by atoms with E-state index in [0.29, 0.717) is 0 Å². The molecule has 0 aliphatic rings. The van der Waals surface area contributed by atoms with Crippen LogP contribution >= 0.6 is 11.3 Å². The summed E-state index contributed by atoms with van der Waals surface area (Å²) in [6.45, 7) is 5.12. The second-order valence-electron chi connectivity index (χ2n) is 13.9. The SMILES string of the molecule is C[Si](C)(C)c1ccc2s[c-]c(-c3nc4ccccc4n3-c3c(-c4ccccc4)cccc3-c3ccccc3)c2c1.[2H]C([2H])([2H])c1ccc(-c2[c-]cccc2)nc1.[Ir]. The standard InChI is InChI=1S/C36H29N2SSi.C12H10N.Ir/c1-40(2,3)27-21-22-34-30(23-27)31(24-39-34)36-37-32-19-10-11-20-33(32)38(36)35-28(25-13-6-4-7-14-25)17-12-18-29(35)26-15-8-5-9-16-26;1-10-7-8-12(13-9-10)11-5-3-2-4-6-11;/h4-23H,1-3H3;2-5,7-9H,1H3;/q2*-1;/i;1D3;. The summed E-state index contributed by atoms with van der Waals surface area (Å²) < 4.78 is 25.3. The number of aryl methyl sites for hydroxylation is 1. The summed E-state index contributed by atoms with van der Waals surface area (Å²) >= 11 is 1.68. The predicted molar refractivity (Wildman–Crippen MR) is 228 cm³/mol. The molecule has 3 aromatic heterocycles. The number of rotatable bonds is 6. The van der Waals surface area contributed by atoms with Crippen LogP contribution in [0.3, 0.4) is 0 Å². The zero-order valence-corrected chi connectivity index (χ0v) is 34.4. The predicted octanol–water partition coefficient (Wildman–Crippen LogP) is 12.4. The summed E-state index contributed by atoms with van der Waals surface area (Å²) in [4.78, 5) is 9.42. The molecule has 0 amide bonds. The number of imidazole rings is 1. The molecule has 0 aliphatic heterocycles. The molecule has 0 unspecified atom stereocenters. The van der Waals surface area contributed by atoms with E-state index in [4.69, 9.17) is 9.10 Å². The number of para-hydroxylation sites is 3. The molecule has 0 fully saturated rings. The number of hydrogen-bond donors (Lipinski definition) is 0. The Morgan fingerprint density at radius 2 is 1.39 bits per heavy atom. The van der Waals surface area contributed by atoms with Crippen LogP contribution in [0.5, 0.6) is 0 Å². The molecule has 0 N–H and O–H groups in total. The first-order valence-electron chi connectivity index (χ1n) is 19.2. The van der Waals surface area contributed by atoms with Crippen LogP contribution in [0, 0.1) is 18.3 Å². The number of fused-ring (bicyclic) bond motifs is 2. The minimum absolute atomic E-state index is 0. The fraction of sp³-hybridized carbons (Fsp3) is 0.0833. The Labute approximate surface area is 340 Å². The Hall–Kier alpha value is -5.23. The van der Waals surface area contributed by atoms with Crippen molar-refractivity contribution in [2.45, 2.75) is 26.5 Å². The largest absolute Gasteiger partial charge is 0.332 e. The van der Waals surface area contributed by atoms with Crippen LogP contribution in [0.15, 0.2) is 164 Å². The molecule has 54 heavy (non-hydrogen) atoms. The van der Waals surface area contributed by atoms with Crippen LogP contribution in [-0.4, -0.2) is 22.6 Å². The molecule has 0 aliphatic carbocycles. The van der Waals surface area contributed by atoms with Crippen molar-refractivity contribution in [3.05, 3.63) is 181 Å². The maximum absolute atomic E-state index is 7.23. The van der Waals surface area contributed by atoms with Gasteiger partial charge in [0.1, 0.15) is 0 Å². The van der Waals surface area contributed by atoms with E-state index in [2.05, 4.69) is 162 Å². The van der Waals surface area contributed by atoms with Gasteiger partial charge in [-0.25, -0.2) is 0 Å². The van der Waals surface area contributed by atoms with Crippen molar-refractivity contribution in [3.63, 3.8) is 0 Å². The summed E-state index contributed by atoms with van der Waals surface area (Å²) in [5.41, 5.74) is 10.8. The maximum Gasteiger partial charge on any atom is 0.0774 e. The molecular weight excluding hydrogens is 871 g/mol. The minimum atomic E-state index is -2.09. The molecule has 6 heteroatoms. The third kappa shape index (κ3) is 7.57. The van der Waals surface area contributed by atoms with Gasteiger partial charge in [-0.3, -0.25) is 16.3 Å². The van der Waals surface area contributed by atoms with Gasteiger partial charge in [0.2, 0.25) is 0 Å². The molecule has 0 atom stereocenters. The Kier molecular flexibility index (Phi) is 9.89. The van der Waals surface area contributed by atoms with Gasteiger partial charge in [-0.2, -0.15) is 0 Å².